The highest BCUT2D eigenvalue weighted by Crippen LogP contribution is 2.33. The number of benzene rings is 3. The third kappa shape index (κ3) is 3.37. The summed E-state index contributed by atoms with van der Waals surface area (Å²) in [4.78, 5) is 12.0. The van der Waals surface area contributed by atoms with Crippen LogP contribution in [0, 0.1) is 11.6 Å². The highest BCUT2D eigenvalue weighted by molar-refractivity contribution is 6.18. The Bertz CT molecular complexity index is 1210. The molecule has 4 aromatic rings. The van der Waals surface area contributed by atoms with E-state index in [9.17, 15) is 13.6 Å². The highest BCUT2D eigenvalue weighted by Gasteiger charge is 2.19. The summed E-state index contributed by atoms with van der Waals surface area (Å²) in [5, 5.41) is 1.57. The van der Waals surface area contributed by atoms with Gasteiger partial charge < -0.3 is 10.3 Å². The van der Waals surface area contributed by atoms with Crippen molar-refractivity contribution in [2.45, 2.75) is 32.7 Å². The number of rotatable bonds is 6. The molecule has 5 heteroatoms. The summed E-state index contributed by atoms with van der Waals surface area (Å²) in [5.74, 6) is -1.71. The van der Waals surface area contributed by atoms with Crippen LogP contribution in [0.1, 0.15) is 41.3 Å². The van der Waals surface area contributed by atoms with Gasteiger partial charge in [0.25, 0.3) is 0 Å². The third-order valence-corrected chi connectivity index (χ3v) is 5.42. The normalized spacial score (nSPS) is 11.4. The van der Waals surface area contributed by atoms with Crippen molar-refractivity contribution in [3.05, 3.63) is 82.9 Å². The van der Waals surface area contributed by atoms with E-state index in [1.165, 1.54) is 18.2 Å². The van der Waals surface area contributed by atoms with E-state index in [-0.39, 0.29) is 12.1 Å². The van der Waals surface area contributed by atoms with Crippen LogP contribution in [0.5, 0.6) is 0 Å². The van der Waals surface area contributed by atoms with E-state index in [1.54, 1.807) is 12.1 Å². The zero-order valence-corrected chi connectivity index (χ0v) is 16.2. The predicted molar refractivity (Wildman–Crippen MR) is 112 cm³/mol. The number of carbonyl (C=O) groups is 1. The molecule has 29 heavy (non-hydrogen) atoms. The van der Waals surface area contributed by atoms with Crippen LogP contribution in [0.15, 0.2) is 54.6 Å². The zero-order chi connectivity index (χ0) is 20.5. The first-order valence-corrected chi connectivity index (χ1v) is 9.77. The van der Waals surface area contributed by atoms with Gasteiger partial charge in [0.05, 0.1) is 12.1 Å². The highest BCUT2D eigenvalue weighted by atomic mass is 19.1. The van der Waals surface area contributed by atoms with Gasteiger partial charge in [0.15, 0.2) is 0 Å². The molecule has 0 bridgehead atoms. The van der Waals surface area contributed by atoms with Crippen molar-refractivity contribution < 1.29 is 13.6 Å². The Morgan fingerprint density at radius 2 is 1.72 bits per heavy atom. The molecular formula is C24H22F2N2O. The summed E-state index contributed by atoms with van der Waals surface area (Å²) in [6.45, 7) is 2.16. The number of carbonyl (C=O) groups excluding carboxylic acids is 1. The van der Waals surface area contributed by atoms with Crippen LogP contribution in [0.2, 0.25) is 0 Å². The van der Waals surface area contributed by atoms with Gasteiger partial charge in [-0.15, -0.1) is 0 Å². The summed E-state index contributed by atoms with van der Waals surface area (Å²) < 4.78 is 30.6. The average Bonchev–Trinajstić information content (AvgIpc) is 3.02. The van der Waals surface area contributed by atoms with Crippen LogP contribution in [-0.2, 0) is 13.0 Å². The van der Waals surface area contributed by atoms with Crippen molar-refractivity contribution in [2.24, 2.45) is 5.73 Å². The van der Waals surface area contributed by atoms with E-state index in [1.807, 2.05) is 22.8 Å². The Morgan fingerprint density at radius 1 is 1.00 bits per heavy atom. The maximum absolute atomic E-state index is 14.4. The summed E-state index contributed by atoms with van der Waals surface area (Å²) >= 11 is 0. The quantitative estimate of drug-likeness (QED) is 0.459. The van der Waals surface area contributed by atoms with Crippen molar-refractivity contribution in [3.8, 4) is 0 Å². The number of fused-ring (bicyclic) bond motifs is 3. The van der Waals surface area contributed by atoms with E-state index < -0.39 is 17.5 Å². The van der Waals surface area contributed by atoms with E-state index in [2.05, 4.69) is 13.0 Å². The van der Waals surface area contributed by atoms with Crippen LogP contribution in [-0.4, -0.2) is 10.5 Å². The van der Waals surface area contributed by atoms with Crippen molar-refractivity contribution in [2.75, 3.05) is 0 Å². The number of nitrogens with two attached hydrogens (primary N) is 1. The fourth-order valence-corrected chi connectivity index (χ4v) is 3.94. The van der Waals surface area contributed by atoms with Crippen LogP contribution in [0.25, 0.3) is 21.8 Å². The number of amides is 1. The lowest BCUT2D eigenvalue weighted by Gasteiger charge is -2.11. The summed E-state index contributed by atoms with van der Waals surface area (Å²) in [5.41, 5.74) is 8.72. The maximum Gasteiger partial charge on any atom is 0.249 e. The molecule has 0 spiro atoms. The van der Waals surface area contributed by atoms with E-state index in [0.717, 1.165) is 41.2 Å². The molecule has 4 rings (SSSR count). The van der Waals surface area contributed by atoms with E-state index in [4.69, 9.17) is 5.73 Å². The van der Waals surface area contributed by atoms with E-state index >= 15 is 0 Å². The van der Waals surface area contributed by atoms with Crippen molar-refractivity contribution in [3.63, 3.8) is 0 Å². The summed E-state index contributed by atoms with van der Waals surface area (Å²) in [6.07, 6.45) is 3.05. The molecule has 2 N–H and O–H groups in total. The van der Waals surface area contributed by atoms with Gasteiger partial charge in [0.1, 0.15) is 11.6 Å². The number of hydrogen-bond donors (Lipinski definition) is 1. The smallest absolute Gasteiger partial charge is 0.249 e. The SMILES string of the molecule is CCCCc1ccc2c3c(C(N)=O)cccc3n(Cc3c(F)cccc3F)c2c1. The molecule has 0 saturated carbocycles. The molecular weight excluding hydrogens is 370 g/mol. The topological polar surface area (TPSA) is 48.0 Å². The lowest BCUT2D eigenvalue weighted by Crippen LogP contribution is -2.11. The Balaban J connectivity index is 2.01. The van der Waals surface area contributed by atoms with Crippen molar-refractivity contribution in [1.82, 2.24) is 4.57 Å². The fourth-order valence-electron chi connectivity index (χ4n) is 3.94. The largest absolute Gasteiger partial charge is 0.366 e. The predicted octanol–water partition coefficient (Wildman–Crippen LogP) is 5.56. The zero-order valence-electron chi connectivity index (χ0n) is 16.2. The maximum atomic E-state index is 14.4. The first-order chi connectivity index (χ1) is 14.0. The Kier molecular flexibility index (Phi) is 5.05. The number of unbranched alkanes of at least 4 members (excludes halogenated alkanes) is 1. The molecule has 1 heterocycles. The second-order valence-electron chi connectivity index (χ2n) is 7.31. The molecule has 0 aliphatic heterocycles. The van der Waals surface area contributed by atoms with Crippen LogP contribution >= 0.6 is 0 Å². The van der Waals surface area contributed by atoms with Crippen molar-refractivity contribution in [1.29, 1.82) is 0 Å². The molecule has 3 nitrogen and oxygen atoms in total. The molecule has 148 valence electrons. The molecule has 0 aliphatic rings. The first-order valence-electron chi connectivity index (χ1n) is 9.77. The number of hydrogen-bond acceptors (Lipinski definition) is 1. The second-order valence-corrected chi connectivity index (χ2v) is 7.31. The van der Waals surface area contributed by atoms with Gasteiger partial charge in [-0.1, -0.05) is 37.6 Å². The van der Waals surface area contributed by atoms with Gasteiger partial charge in [-0.2, -0.15) is 0 Å². The third-order valence-electron chi connectivity index (χ3n) is 5.42. The molecule has 0 saturated heterocycles. The number of primary amides is 1. The van der Waals surface area contributed by atoms with Gasteiger partial charge in [-0.25, -0.2) is 8.78 Å². The van der Waals surface area contributed by atoms with Crippen LogP contribution < -0.4 is 5.73 Å². The summed E-state index contributed by atoms with van der Waals surface area (Å²) in [7, 11) is 0. The molecule has 0 aliphatic carbocycles. The summed E-state index contributed by atoms with van der Waals surface area (Å²) in [6, 6.07) is 15.2. The first kappa shape index (κ1) is 19.1. The number of aromatic nitrogens is 1. The average molecular weight is 392 g/mol. The molecule has 0 radical (unpaired) electrons. The van der Waals surface area contributed by atoms with Gasteiger partial charge in [0, 0.05) is 27.4 Å². The Labute approximate surface area is 167 Å². The minimum Gasteiger partial charge on any atom is -0.366 e. The molecule has 1 aromatic heterocycles. The van der Waals surface area contributed by atoms with Gasteiger partial charge in [-0.05, 0) is 48.7 Å². The standard InChI is InChI=1S/C24H22F2N2O/c1-2-3-6-15-11-12-16-22(13-15)28(14-18-19(25)8-5-9-20(18)26)21-10-4-7-17(23(16)21)24(27)29/h4-5,7-13H,2-3,6,14H2,1H3,(H2,27,29). The molecule has 0 atom stereocenters. The molecule has 0 fully saturated rings. The second kappa shape index (κ2) is 7.66. The molecule has 1 amide bonds. The minimum atomic E-state index is -0.590. The van der Waals surface area contributed by atoms with Crippen LogP contribution in [0.4, 0.5) is 8.78 Å². The molecule has 0 unspecified atom stereocenters. The van der Waals surface area contributed by atoms with Gasteiger partial charge in [-0.3, -0.25) is 4.79 Å². The lowest BCUT2D eigenvalue weighted by atomic mass is 10.0. The van der Waals surface area contributed by atoms with Gasteiger partial charge in [0.2, 0.25) is 5.91 Å². The Morgan fingerprint density at radius 3 is 2.41 bits per heavy atom. The fraction of sp³-hybridized carbons (Fsp3) is 0.208. The number of halogens is 2. The number of nitrogens with zero attached hydrogens (tertiary/aromatic N) is 1. The van der Waals surface area contributed by atoms with Crippen LogP contribution in [0.3, 0.4) is 0 Å². The Hall–Kier alpha value is -3.21. The minimum absolute atomic E-state index is 0.00487. The van der Waals surface area contributed by atoms with Gasteiger partial charge >= 0.3 is 0 Å². The monoisotopic (exact) mass is 392 g/mol. The number of aryl methyl sites for hydroxylation is 1. The molecule has 3 aromatic carbocycles. The van der Waals surface area contributed by atoms with E-state index in [0.29, 0.717) is 10.9 Å². The van der Waals surface area contributed by atoms with Crippen molar-refractivity contribution >= 4 is 27.7 Å². The lowest BCUT2D eigenvalue weighted by molar-refractivity contribution is 0.100.